The number of hydrogen-bond acceptors (Lipinski definition) is 3. The highest BCUT2D eigenvalue weighted by molar-refractivity contribution is 7.89. The molecule has 0 aliphatic carbocycles. The second-order valence-electron chi connectivity index (χ2n) is 6.45. The van der Waals surface area contributed by atoms with Gasteiger partial charge in [-0.3, -0.25) is 0 Å². The van der Waals surface area contributed by atoms with E-state index in [-0.39, 0.29) is 18.2 Å². The van der Waals surface area contributed by atoms with Crippen molar-refractivity contribution in [3.05, 3.63) is 0 Å². The molecule has 0 aromatic carbocycles. The third-order valence-electron chi connectivity index (χ3n) is 2.99. The average Bonchev–Trinajstić information content (AvgIpc) is 2.22. The van der Waals surface area contributed by atoms with Gasteiger partial charge < -0.3 is 16.9 Å². The van der Waals surface area contributed by atoms with Gasteiger partial charge in [0.2, 0.25) is 10.0 Å². The van der Waals surface area contributed by atoms with E-state index in [1.165, 1.54) is 4.31 Å². The standard InChI is InChI=1S/C11H26Cl2N3O2S.ClH/c1-11(2,15(12)13)7-10-19(17,18)14(3)8-9-16(4,5)6;/h7-10H2,1-6H3;1H/q+1;/p-1. The third-order valence-corrected chi connectivity index (χ3v) is 5.76. The zero-order chi connectivity index (χ0) is 15.5. The first kappa shape index (κ1) is 23.0. The monoisotopic (exact) mass is 369 g/mol. The Morgan fingerprint density at radius 3 is 1.95 bits per heavy atom. The first-order chi connectivity index (χ1) is 8.28. The van der Waals surface area contributed by atoms with Crippen LogP contribution in [0, 0.1) is 0 Å². The van der Waals surface area contributed by atoms with Crippen LogP contribution in [0.3, 0.4) is 0 Å². The van der Waals surface area contributed by atoms with Crippen LogP contribution in [0.25, 0.3) is 0 Å². The molecule has 0 unspecified atom stereocenters. The van der Waals surface area contributed by atoms with Crippen molar-refractivity contribution < 1.29 is 25.3 Å². The lowest BCUT2D eigenvalue weighted by atomic mass is 10.0. The quantitative estimate of drug-likeness (QED) is 0.395. The molecule has 124 valence electrons. The van der Waals surface area contributed by atoms with Crippen molar-refractivity contribution in [1.82, 2.24) is 8.24 Å². The van der Waals surface area contributed by atoms with Crippen LogP contribution in [-0.2, 0) is 10.0 Å². The number of sulfonamides is 1. The van der Waals surface area contributed by atoms with Crippen molar-refractivity contribution in [2.24, 2.45) is 0 Å². The topological polar surface area (TPSA) is 40.6 Å². The molecule has 0 fully saturated rings. The minimum absolute atomic E-state index is 0. The van der Waals surface area contributed by atoms with E-state index in [0.29, 0.717) is 13.0 Å². The number of likely N-dealkylation sites (N-methyl/N-ethyl adjacent to an activating group) is 2. The van der Waals surface area contributed by atoms with E-state index >= 15 is 0 Å². The maximum Gasteiger partial charge on any atom is 0.214 e. The van der Waals surface area contributed by atoms with Crippen LogP contribution in [0.5, 0.6) is 0 Å². The first-order valence-electron chi connectivity index (χ1n) is 6.14. The van der Waals surface area contributed by atoms with Gasteiger partial charge in [-0.2, -0.15) is 4.31 Å². The minimum Gasteiger partial charge on any atom is -1.00 e. The maximum absolute atomic E-state index is 12.1. The fraction of sp³-hybridized carbons (Fsp3) is 1.00. The summed E-state index contributed by atoms with van der Waals surface area (Å²) in [7, 11) is 4.43. The van der Waals surface area contributed by atoms with Crippen LogP contribution in [0.4, 0.5) is 0 Å². The Kier molecular flexibility index (Phi) is 9.61. The van der Waals surface area contributed by atoms with Crippen LogP contribution in [0.15, 0.2) is 0 Å². The Morgan fingerprint density at radius 1 is 1.15 bits per heavy atom. The van der Waals surface area contributed by atoms with E-state index in [2.05, 4.69) is 0 Å². The van der Waals surface area contributed by atoms with Gasteiger partial charge >= 0.3 is 0 Å². The van der Waals surface area contributed by atoms with Crippen LogP contribution < -0.4 is 12.4 Å². The largest absolute Gasteiger partial charge is 1.00 e. The van der Waals surface area contributed by atoms with E-state index in [1.807, 2.05) is 21.1 Å². The Hall–Kier alpha value is 0.700. The highest BCUT2D eigenvalue weighted by Gasteiger charge is 2.29. The Labute approximate surface area is 140 Å². The molecule has 0 amide bonds. The fourth-order valence-corrected chi connectivity index (χ4v) is 2.80. The molecular formula is C11H26Cl3N3O2S. The van der Waals surface area contributed by atoms with Crippen LogP contribution >= 0.6 is 23.6 Å². The number of quaternary nitrogens is 1. The molecule has 0 aromatic heterocycles. The molecule has 0 spiro atoms. The van der Waals surface area contributed by atoms with Gasteiger partial charge in [-0.05, 0) is 43.8 Å². The Balaban J connectivity index is 0. The Morgan fingerprint density at radius 2 is 1.60 bits per heavy atom. The van der Waals surface area contributed by atoms with Gasteiger partial charge in [0.25, 0.3) is 0 Å². The lowest BCUT2D eigenvalue weighted by molar-refractivity contribution is -0.869. The van der Waals surface area contributed by atoms with E-state index in [1.54, 1.807) is 20.9 Å². The second-order valence-corrected chi connectivity index (χ2v) is 9.49. The lowest BCUT2D eigenvalue weighted by Crippen LogP contribution is -3.00. The summed E-state index contributed by atoms with van der Waals surface area (Å²) < 4.78 is 27.4. The van der Waals surface area contributed by atoms with Gasteiger partial charge in [-0.25, -0.2) is 8.42 Å². The molecule has 0 N–H and O–H groups in total. The predicted molar refractivity (Wildman–Crippen MR) is 81.6 cm³/mol. The summed E-state index contributed by atoms with van der Waals surface area (Å²) in [6, 6.07) is 0. The summed E-state index contributed by atoms with van der Waals surface area (Å²) in [5.41, 5.74) is -0.572. The number of rotatable bonds is 8. The summed E-state index contributed by atoms with van der Waals surface area (Å²) in [6.07, 6.45) is 0.372. The molecule has 0 aromatic rings. The van der Waals surface area contributed by atoms with Gasteiger partial charge in [0, 0.05) is 12.6 Å². The summed E-state index contributed by atoms with van der Waals surface area (Å²) >= 11 is 11.4. The van der Waals surface area contributed by atoms with Crippen LogP contribution in [-0.4, -0.2) is 73.7 Å². The van der Waals surface area contributed by atoms with Crippen molar-refractivity contribution in [2.75, 3.05) is 47.0 Å². The van der Waals surface area contributed by atoms with Crippen molar-refractivity contribution in [3.8, 4) is 0 Å². The van der Waals surface area contributed by atoms with Crippen LogP contribution in [0.1, 0.15) is 20.3 Å². The van der Waals surface area contributed by atoms with Gasteiger partial charge in [0.05, 0.1) is 40.0 Å². The molecule has 0 aliphatic rings. The summed E-state index contributed by atoms with van der Waals surface area (Å²) in [5.74, 6) is 0.0313. The average molecular weight is 371 g/mol. The SMILES string of the molecule is CN(CC[N+](C)(C)C)S(=O)(=O)CCC(C)(C)N(Cl)Cl.[Cl-]. The highest BCUT2D eigenvalue weighted by Crippen LogP contribution is 2.24. The molecule has 5 nitrogen and oxygen atoms in total. The molecule has 9 heteroatoms. The van der Waals surface area contributed by atoms with Crippen LogP contribution in [0.2, 0.25) is 0 Å². The summed E-state index contributed by atoms with van der Waals surface area (Å²) in [5, 5.41) is 0. The smallest absolute Gasteiger partial charge is 0.214 e. The van der Waals surface area contributed by atoms with Crippen molar-refractivity contribution >= 4 is 33.6 Å². The zero-order valence-electron chi connectivity index (χ0n) is 13.0. The molecule has 20 heavy (non-hydrogen) atoms. The molecule has 0 heterocycles. The Bertz CT molecular complexity index is 381. The first-order valence-corrected chi connectivity index (χ1v) is 8.43. The van der Waals surface area contributed by atoms with Gasteiger partial charge in [-0.1, -0.05) is 0 Å². The zero-order valence-corrected chi connectivity index (χ0v) is 16.1. The normalized spacial score (nSPS) is 13.7. The highest BCUT2D eigenvalue weighted by atomic mass is 35.5. The van der Waals surface area contributed by atoms with E-state index in [4.69, 9.17) is 23.6 Å². The summed E-state index contributed by atoms with van der Waals surface area (Å²) in [4.78, 5) is 0. The van der Waals surface area contributed by atoms with E-state index in [0.717, 1.165) is 15.0 Å². The number of halogens is 3. The molecule has 0 bridgehead atoms. The number of hydrogen-bond donors (Lipinski definition) is 0. The molecule has 0 atom stereocenters. The molecule has 0 radical (unpaired) electrons. The van der Waals surface area contributed by atoms with Gasteiger partial charge in [-0.15, -0.1) is 3.94 Å². The predicted octanol–water partition coefficient (Wildman–Crippen LogP) is -1.26. The molecule has 0 rings (SSSR count). The minimum atomic E-state index is -3.27. The van der Waals surface area contributed by atoms with Gasteiger partial charge in [0.1, 0.15) is 0 Å². The third kappa shape index (κ3) is 8.87. The van der Waals surface area contributed by atoms with Crippen molar-refractivity contribution in [3.63, 3.8) is 0 Å². The summed E-state index contributed by atoms with van der Waals surface area (Å²) in [6.45, 7) is 4.86. The van der Waals surface area contributed by atoms with Crippen molar-refractivity contribution in [2.45, 2.75) is 25.8 Å². The van der Waals surface area contributed by atoms with Gasteiger partial charge in [0.15, 0.2) is 0 Å². The fourth-order valence-electron chi connectivity index (χ4n) is 1.20. The second kappa shape index (κ2) is 8.36. The van der Waals surface area contributed by atoms with E-state index in [9.17, 15) is 8.42 Å². The van der Waals surface area contributed by atoms with E-state index < -0.39 is 15.6 Å². The lowest BCUT2D eigenvalue weighted by Gasteiger charge is -2.29. The molecule has 0 saturated heterocycles. The molecule has 0 saturated carbocycles. The molecule has 0 aliphatic heterocycles. The number of nitrogens with zero attached hydrogens (tertiary/aromatic N) is 3. The van der Waals surface area contributed by atoms with Crippen molar-refractivity contribution in [1.29, 1.82) is 0 Å². The maximum atomic E-state index is 12.1. The molecular weight excluding hydrogens is 345 g/mol.